The van der Waals surface area contributed by atoms with Gasteiger partial charge in [-0.05, 0) is 83.5 Å². The average molecular weight is 438 g/mol. The second-order valence-corrected chi connectivity index (χ2v) is 7.21. The molecule has 0 unspecified atom stereocenters. The van der Waals surface area contributed by atoms with Crippen molar-refractivity contribution in [2.45, 2.75) is 20.3 Å². The first kappa shape index (κ1) is 18.6. The largest absolute Gasteiger partial charge is 0.494 e. The normalized spacial score (nSPS) is 10.5. The summed E-state index contributed by atoms with van der Waals surface area (Å²) < 4.78 is 6.82. The summed E-state index contributed by atoms with van der Waals surface area (Å²) in [4.78, 5) is 11.9. The highest BCUT2D eigenvalue weighted by molar-refractivity contribution is 14.1. The first-order valence-electron chi connectivity index (χ1n) is 8.05. The number of hydrogen-bond donors (Lipinski definition) is 2. The van der Waals surface area contributed by atoms with E-state index in [1.54, 1.807) is 0 Å². The Kier molecular flexibility index (Phi) is 7.36. The topological polar surface area (TPSA) is 50.4 Å². The second kappa shape index (κ2) is 9.52. The van der Waals surface area contributed by atoms with Crippen LogP contribution in [-0.2, 0) is 4.79 Å². The summed E-state index contributed by atoms with van der Waals surface area (Å²) >= 11 is 2.23. The molecular formula is C19H23IN2O2. The molecule has 0 heterocycles. The first-order chi connectivity index (χ1) is 11.5. The van der Waals surface area contributed by atoms with Crippen LogP contribution in [0.3, 0.4) is 0 Å². The Morgan fingerprint density at radius 1 is 1.04 bits per heavy atom. The Labute approximate surface area is 157 Å². The molecule has 0 radical (unpaired) electrons. The van der Waals surface area contributed by atoms with Crippen molar-refractivity contribution in [1.29, 1.82) is 0 Å². The van der Waals surface area contributed by atoms with Crippen molar-refractivity contribution < 1.29 is 9.53 Å². The maximum atomic E-state index is 11.9. The Hall–Kier alpha value is -1.76. The van der Waals surface area contributed by atoms with Crippen LogP contribution in [0.15, 0.2) is 48.5 Å². The Morgan fingerprint density at radius 3 is 2.29 bits per heavy atom. The molecule has 0 aromatic heterocycles. The molecule has 24 heavy (non-hydrogen) atoms. The van der Waals surface area contributed by atoms with Gasteiger partial charge < -0.3 is 15.4 Å². The van der Waals surface area contributed by atoms with Crippen molar-refractivity contribution in [3.05, 3.63) is 52.1 Å². The minimum Gasteiger partial charge on any atom is -0.494 e. The van der Waals surface area contributed by atoms with Gasteiger partial charge >= 0.3 is 0 Å². The highest BCUT2D eigenvalue weighted by Crippen LogP contribution is 2.16. The SMILES string of the molecule is CC(C)CCOc1ccc(NCC(=O)Nc2ccc(I)cc2)cc1. The van der Waals surface area contributed by atoms with Crippen LogP contribution in [-0.4, -0.2) is 19.1 Å². The third kappa shape index (κ3) is 6.78. The molecule has 5 heteroatoms. The zero-order chi connectivity index (χ0) is 17.4. The summed E-state index contributed by atoms with van der Waals surface area (Å²) in [5.41, 5.74) is 1.69. The van der Waals surface area contributed by atoms with E-state index >= 15 is 0 Å². The van der Waals surface area contributed by atoms with E-state index in [4.69, 9.17) is 4.74 Å². The lowest BCUT2D eigenvalue weighted by Gasteiger charge is -2.10. The van der Waals surface area contributed by atoms with Crippen molar-refractivity contribution in [2.75, 3.05) is 23.8 Å². The summed E-state index contributed by atoms with van der Waals surface area (Å²) in [5.74, 6) is 1.41. The molecule has 128 valence electrons. The van der Waals surface area contributed by atoms with Crippen molar-refractivity contribution in [2.24, 2.45) is 5.92 Å². The highest BCUT2D eigenvalue weighted by atomic mass is 127. The van der Waals surface area contributed by atoms with Gasteiger partial charge in [0.25, 0.3) is 0 Å². The van der Waals surface area contributed by atoms with Gasteiger partial charge in [-0.3, -0.25) is 4.79 Å². The number of anilines is 2. The Morgan fingerprint density at radius 2 is 1.67 bits per heavy atom. The van der Waals surface area contributed by atoms with Crippen molar-refractivity contribution >= 4 is 39.9 Å². The first-order valence-corrected chi connectivity index (χ1v) is 9.13. The monoisotopic (exact) mass is 438 g/mol. The Balaban J connectivity index is 1.75. The van der Waals surface area contributed by atoms with Gasteiger partial charge in [-0.15, -0.1) is 0 Å². The number of benzene rings is 2. The van der Waals surface area contributed by atoms with E-state index in [2.05, 4.69) is 47.1 Å². The smallest absolute Gasteiger partial charge is 0.243 e. The fourth-order valence-corrected chi connectivity index (χ4v) is 2.36. The molecule has 2 N–H and O–H groups in total. The molecule has 4 nitrogen and oxygen atoms in total. The molecule has 0 aliphatic heterocycles. The molecular weight excluding hydrogens is 415 g/mol. The number of hydrogen-bond acceptors (Lipinski definition) is 3. The van der Waals surface area contributed by atoms with Crippen LogP contribution < -0.4 is 15.4 Å². The van der Waals surface area contributed by atoms with Crippen LogP contribution in [0.1, 0.15) is 20.3 Å². The van der Waals surface area contributed by atoms with E-state index < -0.39 is 0 Å². The van der Waals surface area contributed by atoms with Gasteiger partial charge in [0.15, 0.2) is 0 Å². The standard InChI is InChI=1S/C19H23IN2O2/c1-14(2)11-12-24-18-9-7-16(8-10-18)21-13-19(23)22-17-5-3-15(20)4-6-17/h3-10,14,21H,11-13H2,1-2H3,(H,22,23). The van der Waals surface area contributed by atoms with Crippen LogP contribution in [0.4, 0.5) is 11.4 Å². The third-order valence-electron chi connectivity index (χ3n) is 3.40. The number of nitrogens with one attached hydrogen (secondary N) is 2. The third-order valence-corrected chi connectivity index (χ3v) is 4.12. The lowest BCUT2D eigenvalue weighted by atomic mass is 10.1. The molecule has 2 rings (SSSR count). The minimum absolute atomic E-state index is 0.0755. The number of amides is 1. The van der Waals surface area contributed by atoms with Crippen molar-refractivity contribution in [3.63, 3.8) is 0 Å². The molecule has 0 spiro atoms. The predicted octanol–water partition coefficient (Wildman–Crippen LogP) is 4.77. The Bertz CT molecular complexity index is 639. The van der Waals surface area contributed by atoms with Crippen molar-refractivity contribution in [3.8, 4) is 5.75 Å². The summed E-state index contributed by atoms with van der Waals surface area (Å²) in [6.45, 7) is 5.30. The number of rotatable bonds is 8. The maximum Gasteiger partial charge on any atom is 0.243 e. The van der Waals surface area contributed by atoms with E-state index in [1.807, 2.05) is 48.5 Å². The molecule has 2 aromatic rings. The summed E-state index contributed by atoms with van der Waals surface area (Å²) in [5, 5.41) is 5.97. The lowest BCUT2D eigenvalue weighted by molar-refractivity contribution is -0.114. The molecule has 0 aliphatic carbocycles. The molecule has 0 saturated carbocycles. The van der Waals surface area contributed by atoms with Gasteiger partial charge in [0, 0.05) is 14.9 Å². The van der Waals surface area contributed by atoms with Gasteiger partial charge in [0.1, 0.15) is 5.75 Å². The summed E-state index contributed by atoms with van der Waals surface area (Å²) in [7, 11) is 0. The zero-order valence-corrected chi connectivity index (χ0v) is 16.2. The minimum atomic E-state index is -0.0755. The molecule has 0 aliphatic rings. The van der Waals surface area contributed by atoms with Gasteiger partial charge in [-0.1, -0.05) is 13.8 Å². The maximum absolute atomic E-state index is 11.9. The summed E-state index contributed by atoms with van der Waals surface area (Å²) in [6, 6.07) is 15.4. The predicted molar refractivity (Wildman–Crippen MR) is 108 cm³/mol. The van der Waals surface area contributed by atoms with Crippen LogP contribution in [0.2, 0.25) is 0 Å². The van der Waals surface area contributed by atoms with E-state index in [-0.39, 0.29) is 12.5 Å². The molecule has 0 fully saturated rings. The van der Waals surface area contributed by atoms with E-state index in [0.29, 0.717) is 5.92 Å². The zero-order valence-electron chi connectivity index (χ0n) is 14.0. The highest BCUT2D eigenvalue weighted by Gasteiger charge is 2.03. The fraction of sp³-hybridized carbons (Fsp3) is 0.316. The number of ether oxygens (including phenoxy) is 1. The average Bonchev–Trinajstić information content (AvgIpc) is 2.56. The second-order valence-electron chi connectivity index (χ2n) is 5.96. The number of carbonyl (C=O) groups excluding carboxylic acids is 1. The van der Waals surface area contributed by atoms with Gasteiger partial charge in [0.05, 0.1) is 13.2 Å². The molecule has 0 bridgehead atoms. The van der Waals surface area contributed by atoms with Gasteiger partial charge in [-0.2, -0.15) is 0 Å². The molecule has 2 aromatic carbocycles. The molecule has 0 atom stereocenters. The quantitative estimate of drug-likeness (QED) is 0.584. The van der Waals surface area contributed by atoms with Crippen LogP contribution in [0.5, 0.6) is 5.75 Å². The van der Waals surface area contributed by atoms with Gasteiger partial charge in [-0.25, -0.2) is 0 Å². The van der Waals surface area contributed by atoms with E-state index in [0.717, 1.165) is 33.7 Å². The van der Waals surface area contributed by atoms with Crippen LogP contribution in [0.25, 0.3) is 0 Å². The lowest BCUT2D eigenvalue weighted by Crippen LogP contribution is -2.21. The van der Waals surface area contributed by atoms with Crippen LogP contribution >= 0.6 is 22.6 Å². The fourth-order valence-electron chi connectivity index (χ4n) is 2.00. The molecule has 1 amide bonds. The molecule has 0 saturated heterocycles. The van der Waals surface area contributed by atoms with Crippen LogP contribution in [0, 0.1) is 9.49 Å². The van der Waals surface area contributed by atoms with Gasteiger partial charge in [0.2, 0.25) is 5.91 Å². The summed E-state index contributed by atoms with van der Waals surface area (Å²) in [6.07, 6.45) is 1.04. The number of halogens is 1. The number of carbonyl (C=O) groups is 1. The van der Waals surface area contributed by atoms with Crippen molar-refractivity contribution in [1.82, 2.24) is 0 Å². The van der Waals surface area contributed by atoms with E-state index in [1.165, 1.54) is 0 Å². The van der Waals surface area contributed by atoms with E-state index in [9.17, 15) is 4.79 Å².